The van der Waals surface area contributed by atoms with Gasteiger partial charge in [-0.1, -0.05) is 45.4 Å². The number of hydrogen-bond donors (Lipinski definition) is 2. The van der Waals surface area contributed by atoms with Crippen molar-refractivity contribution in [3.8, 4) is 0 Å². The Bertz CT molecular complexity index is 221. The van der Waals surface area contributed by atoms with Crippen molar-refractivity contribution in [2.24, 2.45) is 5.92 Å². The van der Waals surface area contributed by atoms with Gasteiger partial charge < -0.3 is 10.4 Å². The Morgan fingerprint density at radius 3 is 2.29 bits per heavy atom. The van der Waals surface area contributed by atoms with Gasteiger partial charge in [0.25, 0.3) is 0 Å². The molecular formula is C15H29NO. The van der Waals surface area contributed by atoms with Crippen LogP contribution in [-0.4, -0.2) is 23.3 Å². The maximum Gasteiger partial charge on any atom is 0.0771 e. The Morgan fingerprint density at radius 1 is 1.00 bits per heavy atom. The molecule has 2 N–H and O–H groups in total. The third-order valence-electron chi connectivity index (χ3n) is 4.84. The molecule has 2 unspecified atom stereocenters. The van der Waals surface area contributed by atoms with E-state index in [2.05, 4.69) is 12.2 Å². The van der Waals surface area contributed by atoms with Gasteiger partial charge in [0.2, 0.25) is 0 Å². The van der Waals surface area contributed by atoms with Gasteiger partial charge in [0.1, 0.15) is 0 Å². The Balaban J connectivity index is 1.79. The molecule has 100 valence electrons. The predicted octanol–water partition coefficient (Wildman–Crippen LogP) is 3.24. The molecule has 0 aromatic rings. The monoisotopic (exact) mass is 239 g/mol. The zero-order valence-corrected chi connectivity index (χ0v) is 11.4. The van der Waals surface area contributed by atoms with Crippen LogP contribution < -0.4 is 5.32 Å². The zero-order chi connectivity index (χ0) is 12.1. The van der Waals surface area contributed by atoms with Gasteiger partial charge in [-0.3, -0.25) is 0 Å². The Kier molecular flexibility index (Phi) is 4.87. The van der Waals surface area contributed by atoms with E-state index in [0.717, 1.165) is 25.3 Å². The lowest BCUT2D eigenvalue weighted by atomic mass is 9.85. The van der Waals surface area contributed by atoms with E-state index < -0.39 is 5.60 Å². The summed E-state index contributed by atoms with van der Waals surface area (Å²) in [5.41, 5.74) is -0.409. The van der Waals surface area contributed by atoms with E-state index in [4.69, 9.17) is 0 Å². The summed E-state index contributed by atoms with van der Waals surface area (Å²) in [6.07, 6.45) is 12.4. The van der Waals surface area contributed by atoms with E-state index in [9.17, 15) is 5.11 Å². The van der Waals surface area contributed by atoms with E-state index in [1.807, 2.05) is 0 Å². The van der Waals surface area contributed by atoms with E-state index >= 15 is 0 Å². The summed E-state index contributed by atoms with van der Waals surface area (Å²) in [6.45, 7) is 3.18. The van der Waals surface area contributed by atoms with E-state index in [0.29, 0.717) is 6.04 Å². The van der Waals surface area contributed by atoms with Crippen LogP contribution in [-0.2, 0) is 0 Å². The maximum absolute atomic E-state index is 10.6. The number of nitrogens with one attached hydrogen (secondary N) is 1. The SMILES string of the molecule is CC1CCCCC1NCC1(O)CCCCCC1. The molecule has 0 aromatic heterocycles. The molecule has 0 saturated heterocycles. The van der Waals surface area contributed by atoms with Gasteiger partial charge in [-0.25, -0.2) is 0 Å². The molecule has 0 bridgehead atoms. The average molecular weight is 239 g/mol. The fourth-order valence-corrected chi connectivity index (χ4v) is 3.50. The van der Waals surface area contributed by atoms with Gasteiger partial charge >= 0.3 is 0 Å². The van der Waals surface area contributed by atoms with Crippen LogP contribution in [0.5, 0.6) is 0 Å². The smallest absolute Gasteiger partial charge is 0.0771 e. The van der Waals surface area contributed by atoms with E-state index in [1.165, 1.54) is 51.4 Å². The molecule has 2 nitrogen and oxygen atoms in total. The highest BCUT2D eigenvalue weighted by molar-refractivity contribution is 4.87. The third-order valence-corrected chi connectivity index (χ3v) is 4.84. The van der Waals surface area contributed by atoms with Crippen LogP contribution in [0.1, 0.15) is 71.1 Å². The summed E-state index contributed by atoms with van der Waals surface area (Å²) in [4.78, 5) is 0. The first-order chi connectivity index (χ1) is 8.20. The largest absolute Gasteiger partial charge is 0.389 e. The molecule has 17 heavy (non-hydrogen) atoms. The fourth-order valence-electron chi connectivity index (χ4n) is 3.50. The normalized spacial score (nSPS) is 34.2. The standard InChI is InChI=1S/C15H29NO/c1-13-8-4-5-9-14(13)16-12-15(17)10-6-2-3-7-11-15/h13-14,16-17H,2-12H2,1H3. The molecule has 0 spiro atoms. The van der Waals surface area contributed by atoms with Crippen LogP contribution in [0.3, 0.4) is 0 Å². The second kappa shape index (κ2) is 6.19. The summed E-state index contributed by atoms with van der Waals surface area (Å²) in [6, 6.07) is 0.649. The van der Waals surface area contributed by atoms with Crippen molar-refractivity contribution < 1.29 is 5.11 Å². The lowest BCUT2D eigenvalue weighted by molar-refractivity contribution is 0.0195. The number of rotatable bonds is 3. The van der Waals surface area contributed by atoms with Gasteiger partial charge in [-0.05, 0) is 31.6 Å². The van der Waals surface area contributed by atoms with Crippen LogP contribution in [0.25, 0.3) is 0 Å². The molecule has 2 saturated carbocycles. The molecule has 2 rings (SSSR count). The minimum absolute atomic E-state index is 0.409. The fraction of sp³-hybridized carbons (Fsp3) is 1.00. The second-order valence-electron chi connectivity index (χ2n) is 6.39. The number of aliphatic hydroxyl groups is 1. The maximum atomic E-state index is 10.6. The zero-order valence-electron chi connectivity index (χ0n) is 11.4. The van der Waals surface area contributed by atoms with Crippen molar-refractivity contribution in [2.75, 3.05) is 6.54 Å². The highest BCUT2D eigenvalue weighted by Gasteiger charge is 2.30. The topological polar surface area (TPSA) is 32.3 Å². The van der Waals surface area contributed by atoms with Crippen molar-refractivity contribution >= 4 is 0 Å². The summed E-state index contributed by atoms with van der Waals surface area (Å²) in [5, 5.41) is 14.3. The molecule has 2 fully saturated rings. The molecular weight excluding hydrogens is 210 g/mol. The van der Waals surface area contributed by atoms with Crippen LogP contribution in [0, 0.1) is 5.92 Å². The summed E-state index contributed by atoms with van der Waals surface area (Å²) in [7, 11) is 0. The lowest BCUT2D eigenvalue weighted by Gasteiger charge is -2.34. The molecule has 2 aliphatic carbocycles. The quantitative estimate of drug-likeness (QED) is 0.741. The van der Waals surface area contributed by atoms with Crippen molar-refractivity contribution in [2.45, 2.75) is 82.8 Å². The molecule has 2 atom stereocenters. The molecule has 0 amide bonds. The van der Waals surface area contributed by atoms with Crippen LogP contribution >= 0.6 is 0 Å². The summed E-state index contributed by atoms with van der Waals surface area (Å²) < 4.78 is 0. The minimum Gasteiger partial charge on any atom is -0.389 e. The highest BCUT2D eigenvalue weighted by atomic mass is 16.3. The van der Waals surface area contributed by atoms with Gasteiger partial charge in [-0.2, -0.15) is 0 Å². The molecule has 2 aliphatic rings. The van der Waals surface area contributed by atoms with Gasteiger partial charge in [0.05, 0.1) is 5.60 Å². The third kappa shape index (κ3) is 3.96. The van der Waals surface area contributed by atoms with Gasteiger partial charge in [0, 0.05) is 12.6 Å². The van der Waals surface area contributed by atoms with Crippen LogP contribution in [0.2, 0.25) is 0 Å². The Morgan fingerprint density at radius 2 is 1.65 bits per heavy atom. The first-order valence-electron chi connectivity index (χ1n) is 7.65. The van der Waals surface area contributed by atoms with Gasteiger partial charge in [0.15, 0.2) is 0 Å². The van der Waals surface area contributed by atoms with Crippen molar-refractivity contribution in [3.05, 3.63) is 0 Å². The Hall–Kier alpha value is -0.0800. The van der Waals surface area contributed by atoms with Gasteiger partial charge in [-0.15, -0.1) is 0 Å². The lowest BCUT2D eigenvalue weighted by Crippen LogP contribution is -2.47. The molecule has 0 heterocycles. The number of hydrogen-bond acceptors (Lipinski definition) is 2. The minimum atomic E-state index is -0.409. The molecule has 0 radical (unpaired) electrons. The Labute approximate surface area is 106 Å². The second-order valence-corrected chi connectivity index (χ2v) is 6.39. The van der Waals surface area contributed by atoms with E-state index in [1.54, 1.807) is 0 Å². The molecule has 0 aromatic carbocycles. The predicted molar refractivity (Wildman–Crippen MR) is 72.1 cm³/mol. The van der Waals surface area contributed by atoms with Crippen molar-refractivity contribution in [1.82, 2.24) is 5.32 Å². The summed E-state index contributed by atoms with van der Waals surface area (Å²) in [5.74, 6) is 0.790. The first-order valence-corrected chi connectivity index (χ1v) is 7.65. The van der Waals surface area contributed by atoms with Crippen molar-refractivity contribution in [3.63, 3.8) is 0 Å². The van der Waals surface area contributed by atoms with Crippen LogP contribution in [0.15, 0.2) is 0 Å². The first kappa shape index (κ1) is 13.4. The molecule has 2 heteroatoms. The van der Waals surface area contributed by atoms with Crippen molar-refractivity contribution in [1.29, 1.82) is 0 Å². The van der Waals surface area contributed by atoms with E-state index in [-0.39, 0.29) is 0 Å². The van der Waals surface area contributed by atoms with Crippen LogP contribution in [0.4, 0.5) is 0 Å². The molecule has 0 aliphatic heterocycles. The summed E-state index contributed by atoms with van der Waals surface area (Å²) >= 11 is 0. The average Bonchev–Trinajstić information content (AvgIpc) is 2.54. The highest BCUT2D eigenvalue weighted by Crippen LogP contribution is 2.28.